The van der Waals surface area contributed by atoms with E-state index in [1.807, 2.05) is 43.9 Å². The molecule has 0 bridgehead atoms. The van der Waals surface area contributed by atoms with Crippen molar-refractivity contribution < 1.29 is 23.5 Å². The molecule has 2 aromatic carbocycles. The van der Waals surface area contributed by atoms with Crippen molar-refractivity contribution in [3.8, 4) is 0 Å². The molecule has 8 heteroatoms. The fourth-order valence-electron chi connectivity index (χ4n) is 5.31. The average Bonchev–Trinajstić information content (AvgIpc) is 2.88. The van der Waals surface area contributed by atoms with Gasteiger partial charge in [0.05, 0.1) is 19.3 Å². The SMILES string of the molecule is CC(C)(C)OC(=O)N(Cc1ccc(Br)cc1F)C1CCC(C(=O)N2CCO[C@H](Cc3ccccc3)C2)CC1. The van der Waals surface area contributed by atoms with E-state index in [0.717, 1.165) is 6.42 Å². The van der Waals surface area contributed by atoms with Gasteiger partial charge in [-0.1, -0.05) is 52.3 Å². The number of nitrogens with zero attached hydrogens (tertiary/aromatic N) is 2. The Labute approximate surface area is 233 Å². The fourth-order valence-corrected chi connectivity index (χ4v) is 5.64. The summed E-state index contributed by atoms with van der Waals surface area (Å²) in [5.74, 6) is -0.270. The van der Waals surface area contributed by atoms with Gasteiger partial charge in [-0.25, -0.2) is 9.18 Å². The number of carbonyl (C=O) groups excluding carboxylic acids is 2. The molecule has 0 radical (unpaired) electrons. The zero-order chi connectivity index (χ0) is 27.3. The van der Waals surface area contributed by atoms with Crippen LogP contribution in [-0.4, -0.2) is 59.2 Å². The van der Waals surface area contributed by atoms with Crippen molar-refractivity contribution in [2.45, 2.75) is 77.2 Å². The van der Waals surface area contributed by atoms with Crippen LogP contribution in [0.1, 0.15) is 57.6 Å². The number of hydrogen-bond donors (Lipinski definition) is 0. The Balaban J connectivity index is 1.38. The van der Waals surface area contributed by atoms with Crippen LogP contribution in [0.4, 0.5) is 9.18 Å². The van der Waals surface area contributed by atoms with Crippen LogP contribution < -0.4 is 0 Å². The molecular formula is C30H38BrFN2O4. The molecule has 0 spiro atoms. The zero-order valence-electron chi connectivity index (χ0n) is 22.5. The number of amides is 2. The minimum Gasteiger partial charge on any atom is -0.444 e. The minimum atomic E-state index is -0.659. The number of halogens is 2. The van der Waals surface area contributed by atoms with E-state index in [9.17, 15) is 14.0 Å². The molecule has 2 aliphatic rings. The Kier molecular flexibility index (Phi) is 9.47. The summed E-state index contributed by atoms with van der Waals surface area (Å²) in [7, 11) is 0. The third kappa shape index (κ3) is 7.79. The van der Waals surface area contributed by atoms with Crippen molar-refractivity contribution >= 4 is 27.9 Å². The van der Waals surface area contributed by atoms with Gasteiger partial charge in [0.1, 0.15) is 11.4 Å². The van der Waals surface area contributed by atoms with Crippen LogP contribution in [-0.2, 0) is 27.2 Å². The predicted molar refractivity (Wildman–Crippen MR) is 148 cm³/mol. The summed E-state index contributed by atoms with van der Waals surface area (Å²) in [4.78, 5) is 30.2. The first-order valence-electron chi connectivity index (χ1n) is 13.5. The van der Waals surface area contributed by atoms with Gasteiger partial charge in [-0.15, -0.1) is 0 Å². The molecule has 6 nitrogen and oxygen atoms in total. The molecule has 1 aliphatic carbocycles. The maximum atomic E-state index is 14.7. The van der Waals surface area contributed by atoms with Gasteiger partial charge in [0.15, 0.2) is 0 Å². The number of morpholine rings is 1. The quantitative estimate of drug-likeness (QED) is 0.394. The minimum absolute atomic E-state index is 0.00472. The van der Waals surface area contributed by atoms with Gasteiger partial charge >= 0.3 is 6.09 Å². The van der Waals surface area contributed by atoms with Gasteiger partial charge < -0.3 is 19.3 Å². The first-order chi connectivity index (χ1) is 18.1. The second-order valence-electron chi connectivity index (χ2n) is 11.3. The van der Waals surface area contributed by atoms with Gasteiger partial charge in [-0.3, -0.25) is 4.79 Å². The molecule has 2 fully saturated rings. The summed E-state index contributed by atoms with van der Waals surface area (Å²) < 4.78 is 26.9. The van der Waals surface area contributed by atoms with Crippen LogP contribution in [0.25, 0.3) is 0 Å². The first kappa shape index (κ1) is 28.6. The number of hydrogen-bond acceptors (Lipinski definition) is 4. The number of rotatable bonds is 6. The summed E-state index contributed by atoms with van der Waals surface area (Å²) in [6, 6.07) is 15.0. The molecule has 206 valence electrons. The highest BCUT2D eigenvalue weighted by Gasteiger charge is 2.36. The highest BCUT2D eigenvalue weighted by atomic mass is 79.9. The monoisotopic (exact) mass is 588 g/mol. The van der Waals surface area contributed by atoms with Gasteiger partial charge in [0, 0.05) is 41.5 Å². The summed E-state index contributed by atoms with van der Waals surface area (Å²) in [5.41, 5.74) is 0.986. The smallest absolute Gasteiger partial charge is 0.410 e. The summed E-state index contributed by atoms with van der Waals surface area (Å²) in [6.07, 6.45) is 3.05. The van der Waals surface area contributed by atoms with E-state index in [1.165, 1.54) is 11.6 Å². The normalized spacial score (nSPS) is 22.1. The lowest BCUT2D eigenvalue weighted by Gasteiger charge is -2.40. The number of benzene rings is 2. The van der Waals surface area contributed by atoms with E-state index >= 15 is 0 Å². The Morgan fingerprint density at radius 3 is 2.47 bits per heavy atom. The van der Waals surface area contributed by atoms with Crippen LogP contribution in [0.15, 0.2) is 53.0 Å². The Bertz CT molecular complexity index is 1100. The Morgan fingerprint density at radius 1 is 1.11 bits per heavy atom. The van der Waals surface area contributed by atoms with Crippen LogP contribution in [0.5, 0.6) is 0 Å². The molecule has 4 rings (SSSR count). The molecular weight excluding hydrogens is 551 g/mol. The molecule has 2 aromatic rings. The Hall–Kier alpha value is -2.45. The molecule has 0 unspecified atom stereocenters. The summed E-state index contributed by atoms with van der Waals surface area (Å²) in [6.45, 7) is 7.36. The van der Waals surface area contributed by atoms with E-state index < -0.39 is 11.7 Å². The third-order valence-electron chi connectivity index (χ3n) is 7.23. The maximum absolute atomic E-state index is 14.7. The van der Waals surface area contributed by atoms with E-state index in [2.05, 4.69) is 28.1 Å². The molecule has 1 heterocycles. The first-order valence-corrected chi connectivity index (χ1v) is 14.3. The third-order valence-corrected chi connectivity index (χ3v) is 7.72. The lowest BCUT2D eigenvalue weighted by Crippen LogP contribution is -2.50. The van der Waals surface area contributed by atoms with Crippen molar-refractivity contribution in [2.24, 2.45) is 5.92 Å². The molecule has 1 aliphatic heterocycles. The highest BCUT2D eigenvalue weighted by Crippen LogP contribution is 2.32. The summed E-state index contributed by atoms with van der Waals surface area (Å²) >= 11 is 3.29. The van der Waals surface area contributed by atoms with Gasteiger partial charge in [0.2, 0.25) is 5.91 Å². The van der Waals surface area contributed by atoms with Crippen molar-refractivity contribution in [3.63, 3.8) is 0 Å². The standard InChI is InChI=1S/C30H38BrFN2O4/c1-30(2,3)38-29(36)34(19-23-9-12-24(31)18-27(23)32)25-13-10-22(11-14-25)28(35)33-15-16-37-26(20-33)17-21-7-5-4-6-8-21/h4-9,12,18,22,25-26H,10-11,13-17,19-20H2,1-3H3/t22?,25?,26-/m1/s1. The molecule has 38 heavy (non-hydrogen) atoms. The van der Waals surface area contributed by atoms with Crippen LogP contribution in [0.3, 0.4) is 0 Å². The second kappa shape index (κ2) is 12.6. The van der Waals surface area contributed by atoms with Crippen LogP contribution in [0, 0.1) is 11.7 Å². The average molecular weight is 590 g/mol. The number of ether oxygens (including phenoxy) is 2. The second-order valence-corrected chi connectivity index (χ2v) is 12.2. The molecule has 1 saturated heterocycles. The fraction of sp³-hybridized carbons (Fsp3) is 0.533. The molecule has 1 atom stereocenters. The van der Waals surface area contributed by atoms with Crippen molar-refractivity contribution in [3.05, 3.63) is 69.9 Å². The van der Waals surface area contributed by atoms with E-state index in [4.69, 9.17) is 9.47 Å². The predicted octanol–water partition coefficient (Wildman–Crippen LogP) is 6.35. The van der Waals surface area contributed by atoms with Gasteiger partial charge in [-0.2, -0.15) is 0 Å². The number of carbonyl (C=O) groups is 2. The zero-order valence-corrected chi connectivity index (χ0v) is 24.1. The molecule has 0 N–H and O–H groups in total. The maximum Gasteiger partial charge on any atom is 0.410 e. The summed E-state index contributed by atoms with van der Waals surface area (Å²) in [5, 5.41) is 0. The van der Waals surface area contributed by atoms with Crippen molar-refractivity contribution in [2.75, 3.05) is 19.7 Å². The van der Waals surface area contributed by atoms with E-state index in [0.29, 0.717) is 55.4 Å². The largest absolute Gasteiger partial charge is 0.444 e. The highest BCUT2D eigenvalue weighted by molar-refractivity contribution is 9.10. The topological polar surface area (TPSA) is 59.1 Å². The molecule has 1 saturated carbocycles. The van der Waals surface area contributed by atoms with Crippen molar-refractivity contribution in [1.82, 2.24) is 9.80 Å². The Morgan fingerprint density at radius 2 is 1.82 bits per heavy atom. The lowest BCUT2D eigenvalue weighted by atomic mass is 9.84. The molecule has 2 amide bonds. The van der Waals surface area contributed by atoms with Crippen molar-refractivity contribution in [1.29, 1.82) is 0 Å². The van der Waals surface area contributed by atoms with E-state index in [1.54, 1.807) is 17.0 Å². The van der Waals surface area contributed by atoms with Gasteiger partial charge in [0.25, 0.3) is 0 Å². The molecule has 0 aromatic heterocycles. The van der Waals surface area contributed by atoms with Gasteiger partial charge in [-0.05, 0) is 64.2 Å². The van der Waals surface area contributed by atoms with E-state index in [-0.39, 0.29) is 36.3 Å². The lowest BCUT2D eigenvalue weighted by molar-refractivity contribution is -0.144. The van der Waals surface area contributed by atoms with Crippen LogP contribution >= 0.6 is 15.9 Å². The van der Waals surface area contributed by atoms with Crippen LogP contribution in [0.2, 0.25) is 0 Å².